The monoisotopic (exact) mass is 686 g/mol. The smallest absolute Gasteiger partial charge is 0.318 e. The maximum absolute atomic E-state index is 16.2. The van der Waals surface area contributed by atoms with Crippen LogP contribution in [0.4, 0.5) is 0 Å². The van der Waals surface area contributed by atoms with Gasteiger partial charge in [0, 0.05) is 10.8 Å². The molecule has 4 bridgehead atoms. The van der Waals surface area contributed by atoms with E-state index in [2.05, 4.69) is 57.7 Å². The number of esters is 1. The zero-order valence-corrected chi connectivity index (χ0v) is 30.5. The van der Waals surface area contributed by atoms with E-state index in [-0.39, 0.29) is 29.6 Å². The number of rotatable bonds is 12. The van der Waals surface area contributed by atoms with Crippen molar-refractivity contribution in [1.82, 2.24) is 0 Å². The van der Waals surface area contributed by atoms with Crippen molar-refractivity contribution >= 4 is 5.97 Å². The molecule has 0 radical (unpaired) electrons. The molecular formula is C46H54O5. The standard InChI is InChI=1S/C46H54O5/c1-5-32(25-33-15-9-6-10-16-33)26-40(47)44-29-37-31(4)21-22-38(37)45(43-49-23-24-50-43)28-36(44)27-39(30(2)3)46(44,45)42(48)51-41(34-17-11-7-12-18-34)35-19-13-8-14-20-35/h5-20,27,30-32,36-38,40-41,43,47H,1,21-26,28-29H2,2-4H3/t31-,32?,36?,37-,38-,40?,44?,45?,46?/m1/s1. The second-order valence-corrected chi connectivity index (χ2v) is 16.6. The summed E-state index contributed by atoms with van der Waals surface area (Å²) in [6.45, 7) is 12.1. The topological polar surface area (TPSA) is 65.0 Å². The van der Waals surface area contributed by atoms with Gasteiger partial charge in [0.25, 0.3) is 0 Å². The third-order valence-corrected chi connectivity index (χ3v) is 14.0. The highest BCUT2D eigenvalue weighted by Crippen LogP contribution is 2.85. The molecule has 5 heteroatoms. The Balaban J connectivity index is 1.31. The first kappa shape index (κ1) is 34.6. The minimum atomic E-state index is -1.13. The molecule has 3 aromatic rings. The lowest BCUT2D eigenvalue weighted by molar-refractivity contribution is -0.255. The highest BCUT2D eigenvalue weighted by molar-refractivity contribution is 5.87. The van der Waals surface area contributed by atoms with E-state index in [9.17, 15) is 5.11 Å². The second kappa shape index (κ2) is 13.5. The van der Waals surface area contributed by atoms with Gasteiger partial charge in [0.15, 0.2) is 12.4 Å². The number of hydrogen-bond donors (Lipinski definition) is 1. The molecule has 3 saturated carbocycles. The number of hydrogen-bond acceptors (Lipinski definition) is 5. The van der Waals surface area contributed by atoms with E-state index in [1.165, 1.54) is 5.56 Å². The van der Waals surface area contributed by atoms with Crippen LogP contribution in [0.3, 0.4) is 0 Å². The SMILES string of the molecule is C=CC(Cc1ccccc1)CC(O)C12C[C@@H]3[C@H](C)CC[C@H]3C3(C4OCCO4)CC1C=C(C(C)C)C23C(=O)OC(c1ccccc1)c1ccccc1. The summed E-state index contributed by atoms with van der Waals surface area (Å²) >= 11 is 0. The predicted octanol–water partition coefficient (Wildman–Crippen LogP) is 9.13. The first-order valence-corrected chi connectivity index (χ1v) is 19.4. The van der Waals surface area contributed by atoms with Crippen LogP contribution in [0.2, 0.25) is 0 Å². The maximum Gasteiger partial charge on any atom is 0.318 e. The van der Waals surface area contributed by atoms with E-state index in [0.29, 0.717) is 31.5 Å². The van der Waals surface area contributed by atoms with E-state index < -0.39 is 34.7 Å². The van der Waals surface area contributed by atoms with E-state index in [1.54, 1.807) is 0 Å². The van der Waals surface area contributed by atoms with Gasteiger partial charge < -0.3 is 19.3 Å². The zero-order valence-electron chi connectivity index (χ0n) is 30.5. The summed E-state index contributed by atoms with van der Waals surface area (Å²) < 4.78 is 20.4. The molecule has 3 aromatic carbocycles. The van der Waals surface area contributed by atoms with Crippen LogP contribution in [0.25, 0.3) is 0 Å². The lowest BCUT2D eigenvalue weighted by Gasteiger charge is -2.63. The number of fused-ring (bicyclic) bond motifs is 2. The Morgan fingerprint density at radius 2 is 1.53 bits per heavy atom. The summed E-state index contributed by atoms with van der Waals surface area (Å²) in [5.74, 6) is 0.942. The molecule has 0 amide bonds. The molecule has 6 unspecified atom stereocenters. The van der Waals surface area contributed by atoms with Gasteiger partial charge in [0.2, 0.25) is 0 Å². The van der Waals surface area contributed by atoms with Crippen LogP contribution in [-0.2, 0) is 25.4 Å². The fraction of sp³-hybridized carbons (Fsp3) is 0.500. The van der Waals surface area contributed by atoms with Crippen LogP contribution in [0, 0.1) is 51.8 Å². The van der Waals surface area contributed by atoms with Gasteiger partial charge >= 0.3 is 5.97 Å². The molecule has 1 aliphatic heterocycles. The molecule has 0 aromatic heterocycles. The fourth-order valence-corrected chi connectivity index (χ4v) is 12.2. The summed E-state index contributed by atoms with van der Waals surface area (Å²) in [5, 5.41) is 13.2. The summed E-state index contributed by atoms with van der Waals surface area (Å²) in [5.41, 5.74) is 1.64. The molecule has 268 valence electrons. The second-order valence-electron chi connectivity index (χ2n) is 16.6. The average molecular weight is 687 g/mol. The Morgan fingerprint density at radius 1 is 0.922 bits per heavy atom. The van der Waals surface area contributed by atoms with Gasteiger partial charge in [-0.05, 0) is 84.3 Å². The van der Waals surface area contributed by atoms with E-state index in [0.717, 1.165) is 48.8 Å². The number of carbonyl (C=O) groups excluding carboxylic acids is 1. The number of allylic oxidation sites excluding steroid dienone is 2. The first-order valence-electron chi connectivity index (χ1n) is 19.4. The highest BCUT2D eigenvalue weighted by Gasteiger charge is 2.88. The molecule has 9 atom stereocenters. The van der Waals surface area contributed by atoms with E-state index >= 15 is 4.79 Å². The van der Waals surface area contributed by atoms with Crippen molar-refractivity contribution in [1.29, 1.82) is 0 Å². The van der Waals surface area contributed by atoms with Crippen molar-refractivity contribution in [3.63, 3.8) is 0 Å². The van der Waals surface area contributed by atoms with Crippen molar-refractivity contribution in [3.05, 3.63) is 132 Å². The largest absolute Gasteiger partial charge is 0.452 e. The van der Waals surface area contributed by atoms with Crippen LogP contribution in [0.5, 0.6) is 0 Å². The van der Waals surface area contributed by atoms with Crippen molar-refractivity contribution in [2.45, 2.75) is 77.8 Å². The molecule has 1 heterocycles. The number of benzene rings is 3. The number of carbonyl (C=O) groups is 1. The maximum atomic E-state index is 16.2. The van der Waals surface area contributed by atoms with Gasteiger partial charge in [-0.1, -0.05) is 136 Å². The summed E-state index contributed by atoms with van der Waals surface area (Å²) in [7, 11) is 0. The molecule has 8 rings (SSSR count). The predicted molar refractivity (Wildman–Crippen MR) is 199 cm³/mol. The summed E-state index contributed by atoms with van der Waals surface area (Å²) in [4.78, 5) is 16.2. The lowest BCUT2D eigenvalue weighted by atomic mass is 9.40. The fourth-order valence-electron chi connectivity index (χ4n) is 12.2. The molecular weight excluding hydrogens is 633 g/mol. The van der Waals surface area contributed by atoms with E-state index in [4.69, 9.17) is 14.2 Å². The number of aliphatic hydroxyl groups excluding tert-OH is 1. The van der Waals surface area contributed by atoms with Gasteiger partial charge in [-0.3, -0.25) is 4.79 Å². The molecule has 0 spiro atoms. The lowest BCUT2D eigenvalue weighted by Crippen LogP contribution is -2.68. The Morgan fingerprint density at radius 3 is 2.12 bits per heavy atom. The first-order chi connectivity index (χ1) is 24.8. The van der Waals surface area contributed by atoms with Crippen molar-refractivity contribution in [2.24, 2.45) is 51.8 Å². The number of ether oxygens (including phenoxy) is 3. The Hall–Kier alpha value is -3.51. The van der Waals surface area contributed by atoms with Crippen molar-refractivity contribution in [2.75, 3.05) is 13.2 Å². The van der Waals surface area contributed by atoms with Gasteiger partial charge in [-0.25, -0.2) is 0 Å². The Labute approximate surface area is 304 Å². The zero-order chi connectivity index (χ0) is 35.4. The Bertz CT molecular complexity index is 1690. The number of aliphatic hydroxyl groups is 1. The van der Waals surface area contributed by atoms with Crippen LogP contribution in [0.15, 0.2) is 115 Å². The molecule has 1 N–H and O–H groups in total. The molecule has 5 aliphatic rings. The Kier molecular flexibility index (Phi) is 9.13. The molecule has 4 aliphatic carbocycles. The molecule has 5 nitrogen and oxygen atoms in total. The minimum absolute atomic E-state index is 0.00265. The van der Waals surface area contributed by atoms with Crippen LogP contribution < -0.4 is 0 Å². The summed E-state index contributed by atoms with van der Waals surface area (Å²) in [6, 6.07) is 30.7. The minimum Gasteiger partial charge on any atom is -0.452 e. The van der Waals surface area contributed by atoms with Crippen LogP contribution in [-0.4, -0.2) is 36.7 Å². The molecule has 4 fully saturated rings. The highest BCUT2D eigenvalue weighted by atomic mass is 16.7. The van der Waals surface area contributed by atoms with Crippen LogP contribution in [0.1, 0.15) is 75.7 Å². The third kappa shape index (κ3) is 5.09. The summed E-state index contributed by atoms with van der Waals surface area (Å²) in [6.07, 6.45) is 7.49. The van der Waals surface area contributed by atoms with Gasteiger partial charge in [-0.15, -0.1) is 6.58 Å². The van der Waals surface area contributed by atoms with Crippen LogP contribution >= 0.6 is 0 Å². The molecule has 1 saturated heterocycles. The molecule has 51 heavy (non-hydrogen) atoms. The van der Waals surface area contributed by atoms with E-state index in [1.807, 2.05) is 72.8 Å². The van der Waals surface area contributed by atoms with Crippen molar-refractivity contribution in [3.8, 4) is 0 Å². The quantitative estimate of drug-likeness (QED) is 0.152. The van der Waals surface area contributed by atoms with Crippen molar-refractivity contribution < 1.29 is 24.1 Å². The van der Waals surface area contributed by atoms with Gasteiger partial charge in [0.05, 0.1) is 19.3 Å². The van der Waals surface area contributed by atoms with Gasteiger partial charge in [-0.2, -0.15) is 0 Å². The normalized spacial score (nSPS) is 33.6. The average Bonchev–Trinajstić information content (AvgIpc) is 3.93. The third-order valence-electron chi connectivity index (χ3n) is 14.0. The van der Waals surface area contributed by atoms with Gasteiger partial charge in [0.1, 0.15) is 5.41 Å².